The third-order valence-corrected chi connectivity index (χ3v) is 8.78. The summed E-state index contributed by atoms with van der Waals surface area (Å²) in [6, 6.07) is 0.299. The van der Waals surface area contributed by atoms with Crippen molar-refractivity contribution in [1.82, 2.24) is 4.90 Å². The molecule has 37 heavy (non-hydrogen) atoms. The van der Waals surface area contributed by atoms with Crippen molar-refractivity contribution in [2.75, 3.05) is 47.6 Å². The van der Waals surface area contributed by atoms with Crippen molar-refractivity contribution in [2.45, 2.75) is 129 Å². The maximum atomic E-state index is 11.1. The highest BCUT2D eigenvalue weighted by molar-refractivity contribution is 5.68. The quantitative estimate of drug-likeness (QED) is 0.0860. The number of ether oxygens (including phenoxy) is 3. The molecular formula is C32H61NO4. The summed E-state index contributed by atoms with van der Waals surface area (Å²) in [6.45, 7) is 5.36. The Kier molecular flexibility index (Phi) is 17.8. The van der Waals surface area contributed by atoms with Crippen molar-refractivity contribution >= 4 is 5.97 Å². The Hall–Kier alpha value is -0.650. The fourth-order valence-corrected chi connectivity index (χ4v) is 5.81. The molecule has 0 bridgehead atoms. The molecule has 2 saturated carbocycles. The van der Waals surface area contributed by atoms with Crippen LogP contribution in [0.3, 0.4) is 0 Å². The highest BCUT2D eigenvalue weighted by Gasteiger charge is 2.44. The average molecular weight is 524 g/mol. The molecule has 5 atom stereocenters. The lowest BCUT2D eigenvalue weighted by atomic mass is 10.0. The van der Waals surface area contributed by atoms with Crippen LogP contribution in [-0.4, -0.2) is 64.5 Å². The van der Waals surface area contributed by atoms with Crippen LogP contribution in [0.15, 0.2) is 0 Å². The molecule has 0 amide bonds. The first kappa shape index (κ1) is 32.6. The van der Waals surface area contributed by atoms with Gasteiger partial charge in [-0.05, 0) is 76.3 Å². The molecule has 2 fully saturated rings. The van der Waals surface area contributed by atoms with Gasteiger partial charge in [-0.1, -0.05) is 77.6 Å². The summed E-state index contributed by atoms with van der Waals surface area (Å²) >= 11 is 0. The molecule has 2 aliphatic carbocycles. The molecule has 0 aromatic rings. The zero-order chi connectivity index (χ0) is 26.7. The van der Waals surface area contributed by atoms with Gasteiger partial charge in [-0.2, -0.15) is 0 Å². The van der Waals surface area contributed by atoms with Gasteiger partial charge < -0.3 is 19.1 Å². The van der Waals surface area contributed by atoms with Gasteiger partial charge in [-0.15, -0.1) is 0 Å². The van der Waals surface area contributed by atoms with Crippen LogP contribution in [0.25, 0.3) is 0 Å². The Balaban J connectivity index is 1.32. The number of likely N-dealkylation sites (N-methyl/N-ethyl adjacent to an activating group) is 1. The lowest BCUT2D eigenvalue weighted by Crippen LogP contribution is -2.37. The molecule has 5 unspecified atom stereocenters. The van der Waals surface area contributed by atoms with E-state index >= 15 is 0 Å². The standard InChI is InChI=1S/C32H61NO4/c1-5-6-12-17-27-22-29(27)24-30-23-28(30)18-13-9-7-8-10-15-20-36-25-31(33(2)3)26-37-21-16-11-14-19-32(34)35-4/h27-31H,5-26H2,1-4H3. The minimum absolute atomic E-state index is 0.123. The Morgan fingerprint density at radius 1 is 0.730 bits per heavy atom. The van der Waals surface area contributed by atoms with Crippen LogP contribution in [0.4, 0.5) is 0 Å². The molecule has 5 heteroatoms. The minimum atomic E-state index is -0.123. The molecule has 0 aromatic carbocycles. The van der Waals surface area contributed by atoms with Gasteiger partial charge in [0, 0.05) is 19.6 Å². The lowest BCUT2D eigenvalue weighted by Gasteiger charge is -2.24. The minimum Gasteiger partial charge on any atom is -0.469 e. The molecule has 0 aliphatic heterocycles. The first-order valence-corrected chi connectivity index (χ1v) is 15.9. The van der Waals surface area contributed by atoms with E-state index in [0.717, 1.165) is 62.8 Å². The maximum absolute atomic E-state index is 11.1. The average Bonchev–Trinajstić information content (AvgIpc) is 3.81. The summed E-state index contributed by atoms with van der Waals surface area (Å²) in [5.41, 5.74) is 0. The number of carbonyl (C=O) groups excluding carboxylic acids is 1. The van der Waals surface area contributed by atoms with Crippen LogP contribution in [-0.2, 0) is 19.0 Å². The number of carbonyl (C=O) groups is 1. The Bertz CT molecular complexity index is 569. The second-order valence-electron chi connectivity index (χ2n) is 12.3. The normalized spacial score (nSPS) is 23.4. The van der Waals surface area contributed by atoms with Gasteiger partial charge in [0.1, 0.15) is 0 Å². The van der Waals surface area contributed by atoms with Crippen molar-refractivity contribution in [2.24, 2.45) is 23.7 Å². The predicted octanol–water partition coefficient (Wildman–Crippen LogP) is 7.66. The van der Waals surface area contributed by atoms with Crippen molar-refractivity contribution in [3.8, 4) is 0 Å². The van der Waals surface area contributed by atoms with E-state index in [1.54, 1.807) is 19.3 Å². The van der Waals surface area contributed by atoms with Crippen molar-refractivity contribution in [1.29, 1.82) is 0 Å². The number of esters is 1. The SMILES string of the molecule is CCCCCC1CC1CC1CC1CCCCCCCCOCC(COCCCCCC(=O)OC)N(C)C. The fourth-order valence-electron chi connectivity index (χ4n) is 5.81. The molecular weight excluding hydrogens is 462 g/mol. The molecule has 2 rings (SSSR count). The van der Waals surface area contributed by atoms with E-state index in [4.69, 9.17) is 9.47 Å². The Morgan fingerprint density at radius 2 is 1.24 bits per heavy atom. The molecule has 0 radical (unpaired) electrons. The molecule has 0 heterocycles. The second-order valence-corrected chi connectivity index (χ2v) is 12.3. The van der Waals surface area contributed by atoms with E-state index in [1.807, 2.05) is 0 Å². The van der Waals surface area contributed by atoms with Crippen LogP contribution < -0.4 is 0 Å². The zero-order valence-corrected chi connectivity index (χ0v) is 25.0. The molecule has 5 nitrogen and oxygen atoms in total. The van der Waals surface area contributed by atoms with Crippen LogP contribution >= 0.6 is 0 Å². The third kappa shape index (κ3) is 16.1. The third-order valence-electron chi connectivity index (χ3n) is 8.78. The zero-order valence-electron chi connectivity index (χ0n) is 25.0. The van der Waals surface area contributed by atoms with Crippen molar-refractivity contribution in [3.63, 3.8) is 0 Å². The largest absolute Gasteiger partial charge is 0.469 e. The maximum Gasteiger partial charge on any atom is 0.305 e. The highest BCUT2D eigenvalue weighted by atomic mass is 16.5. The van der Waals surface area contributed by atoms with Gasteiger partial charge in [-0.25, -0.2) is 0 Å². The number of nitrogens with zero attached hydrogens (tertiary/aromatic N) is 1. The molecule has 0 saturated heterocycles. The van der Waals surface area contributed by atoms with Crippen LogP contribution in [0.1, 0.15) is 122 Å². The van der Waals surface area contributed by atoms with E-state index in [0.29, 0.717) is 19.1 Å². The Morgan fingerprint density at radius 3 is 1.78 bits per heavy atom. The number of methoxy groups -OCH3 is 1. The van der Waals surface area contributed by atoms with E-state index in [9.17, 15) is 4.79 Å². The summed E-state index contributed by atoms with van der Waals surface area (Å²) in [6.07, 6.45) is 23.5. The van der Waals surface area contributed by atoms with Gasteiger partial charge in [0.25, 0.3) is 0 Å². The van der Waals surface area contributed by atoms with Crippen LogP contribution in [0.5, 0.6) is 0 Å². The van der Waals surface area contributed by atoms with E-state index in [-0.39, 0.29) is 5.97 Å². The molecule has 0 spiro atoms. The topological polar surface area (TPSA) is 48.0 Å². The summed E-state index contributed by atoms with van der Waals surface area (Å²) in [5.74, 6) is 4.30. The highest BCUT2D eigenvalue weighted by Crippen LogP contribution is 2.54. The summed E-state index contributed by atoms with van der Waals surface area (Å²) in [5, 5.41) is 0. The lowest BCUT2D eigenvalue weighted by molar-refractivity contribution is -0.140. The van der Waals surface area contributed by atoms with E-state index < -0.39 is 0 Å². The number of hydrogen-bond acceptors (Lipinski definition) is 5. The molecule has 0 aromatic heterocycles. The first-order valence-electron chi connectivity index (χ1n) is 15.9. The van der Waals surface area contributed by atoms with Gasteiger partial charge in [-0.3, -0.25) is 4.79 Å². The molecule has 2 aliphatic rings. The number of unbranched alkanes of at least 4 members (excludes halogenated alkanes) is 9. The van der Waals surface area contributed by atoms with Gasteiger partial charge in [0.2, 0.25) is 0 Å². The smallest absolute Gasteiger partial charge is 0.305 e. The molecule has 0 N–H and O–H groups in total. The number of rotatable bonds is 26. The van der Waals surface area contributed by atoms with Gasteiger partial charge >= 0.3 is 5.97 Å². The van der Waals surface area contributed by atoms with Crippen LogP contribution in [0, 0.1) is 23.7 Å². The van der Waals surface area contributed by atoms with Crippen LogP contribution in [0.2, 0.25) is 0 Å². The van der Waals surface area contributed by atoms with E-state index in [2.05, 4.69) is 30.7 Å². The molecule has 218 valence electrons. The first-order chi connectivity index (χ1) is 18.0. The Labute approximate surface area is 229 Å². The second kappa shape index (κ2) is 20.3. The van der Waals surface area contributed by atoms with Crippen molar-refractivity contribution < 1.29 is 19.0 Å². The van der Waals surface area contributed by atoms with Gasteiger partial charge in [0.05, 0.1) is 26.4 Å². The summed E-state index contributed by atoms with van der Waals surface area (Å²) < 4.78 is 16.5. The predicted molar refractivity (Wildman–Crippen MR) is 154 cm³/mol. The van der Waals surface area contributed by atoms with E-state index in [1.165, 1.54) is 77.7 Å². The number of hydrogen-bond donors (Lipinski definition) is 0. The van der Waals surface area contributed by atoms with Gasteiger partial charge in [0.15, 0.2) is 0 Å². The monoisotopic (exact) mass is 523 g/mol. The summed E-state index contributed by atoms with van der Waals surface area (Å²) in [4.78, 5) is 13.3. The fraction of sp³-hybridized carbons (Fsp3) is 0.969. The van der Waals surface area contributed by atoms with Crippen molar-refractivity contribution in [3.05, 3.63) is 0 Å². The summed E-state index contributed by atoms with van der Waals surface area (Å²) in [7, 11) is 5.63.